The first-order chi connectivity index (χ1) is 19.6. The van der Waals surface area contributed by atoms with Gasteiger partial charge in [-0.15, -0.1) is 0 Å². The minimum absolute atomic E-state index is 0.539. The third-order valence-corrected chi connectivity index (χ3v) is 8.64. The van der Waals surface area contributed by atoms with Gasteiger partial charge in [0.05, 0.1) is 23.3 Å². The summed E-state index contributed by atoms with van der Waals surface area (Å²) >= 11 is 0. The van der Waals surface area contributed by atoms with Crippen LogP contribution in [0.25, 0.3) is 44.5 Å². The van der Waals surface area contributed by atoms with Crippen LogP contribution in [-0.2, 0) is 0 Å². The number of pyridine rings is 2. The number of aromatic amines is 2. The maximum Gasteiger partial charge on any atom is 0.181 e. The second-order valence-corrected chi connectivity index (χ2v) is 11.4. The van der Waals surface area contributed by atoms with Crippen molar-refractivity contribution in [1.82, 2.24) is 30.0 Å². The predicted octanol–water partition coefficient (Wildman–Crippen LogP) is 6.43. The van der Waals surface area contributed by atoms with E-state index in [9.17, 15) is 0 Å². The number of likely N-dealkylation sites (N-methyl/N-ethyl adjacent to an activating group) is 1. The van der Waals surface area contributed by atoms with Crippen LogP contribution in [0, 0.1) is 5.92 Å². The minimum Gasteiger partial charge on any atom is -0.368 e. The van der Waals surface area contributed by atoms with Gasteiger partial charge >= 0.3 is 0 Å². The second-order valence-electron chi connectivity index (χ2n) is 11.4. The Labute approximate surface area is 234 Å². The Morgan fingerprint density at radius 1 is 0.950 bits per heavy atom. The van der Waals surface area contributed by atoms with Crippen LogP contribution in [0.3, 0.4) is 0 Å². The summed E-state index contributed by atoms with van der Waals surface area (Å²) in [6.07, 6.45) is 12.0. The third kappa shape index (κ3) is 4.73. The van der Waals surface area contributed by atoms with Gasteiger partial charge in [-0.05, 0) is 56.1 Å². The molecule has 0 unspecified atom stereocenters. The van der Waals surface area contributed by atoms with Gasteiger partial charge in [-0.3, -0.25) is 10.1 Å². The average Bonchev–Trinajstić information content (AvgIpc) is 3.62. The van der Waals surface area contributed by atoms with Crippen molar-refractivity contribution in [2.45, 2.75) is 32.1 Å². The van der Waals surface area contributed by atoms with Crippen LogP contribution >= 0.6 is 0 Å². The van der Waals surface area contributed by atoms with E-state index in [1.807, 2.05) is 18.6 Å². The van der Waals surface area contributed by atoms with Crippen molar-refractivity contribution in [3.63, 3.8) is 0 Å². The number of piperazine rings is 1. The molecule has 1 aromatic carbocycles. The molecule has 1 saturated heterocycles. The quantitative estimate of drug-likeness (QED) is 0.234. The Hall–Kier alpha value is -4.17. The highest BCUT2D eigenvalue weighted by molar-refractivity contribution is 6.00. The van der Waals surface area contributed by atoms with Gasteiger partial charge in [0.15, 0.2) is 5.65 Å². The van der Waals surface area contributed by atoms with E-state index in [4.69, 9.17) is 0 Å². The molecule has 0 radical (unpaired) electrons. The van der Waals surface area contributed by atoms with Crippen molar-refractivity contribution < 1.29 is 0 Å². The van der Waals surface area contributed by atoms with Crippen molar-refractivity contribution in [2.24, 2.45) is 5.92 Å². The van der Waals surface area contributed by atoms with Crippen molar-refractivity contribution in [3.8, 4) is 22.5 Å². The maximum absolute atomic E-state index is 4.68. The van der Waals surface area contributed by atoms with Crippen LogP contribution in [0.4, 0.5) is 11.4 Å². The number of aromatic nitrogens is 5. The summed E-state index contributed by atoms with van der Waals surface area (Å²) in [6.45, 7) is 8.56. The molecule has 1 aliphatic carbocycles. The zero-order valence-electron chi connectivity index (χ0n) is 23.1. The Balaban J connectivity index is 1.19. The molecule has 0 spiro atoms. The Morgan fingerprint density at radius 2 is 1.77 bits per heavy atom. The minimum atomic E-state index is 0.539. The van der Waals surface area contributed by atoms with E-state index >= 15 is 0 Å². The molecule has 40 heavy (non-hydrogen) atoms. The van der Waals surface area contributed by atoms with Gasteiger partial charge in [0, 0.05) is 77.4 Å². The van der Waals surface area contributed by atoms with Gasteiger partial charge < -0.3 is 20.1 Å². The van der Waals surface area contributed by atoms with Crippen LogP contribution in [-0.4, -0.2) is 63.3 Å². The lowest BCUT2D eigenvalue weighted by Gasteiger charge is -2.34. The second kappa shape index (κ2) is 10.4. The summed E-state index contributed by atoms with van der Waals surface area (Å²) in [5.41, 5.74) is 9.13. The Bertz CT molecular complexity index is 1670. The van der Waals surface area contributed by atoms with E-state index in [-0.39, 0.29) is 0 Å². The van der Waals surface area contributed by atoms with Crippen LogP contribution in [0.15, 0.2) is 67.3 Å². The van der Waals surface area contributed by atoms with Crippen molar-refractivity contribution in [3.05, 3.63) is 67.3 Å². The van der Waals surface area contributed by atoms with E-state index in [1.54, 1.807) is 0 Å². The number of benzene rings is 1. The van der Waals surface area contributed by atoms with Crippen molar-refractivity contribution in [1.29, 1.82) is 0 Å². The number of allylic oxidation sites excluding steroid dienone is 1. The fourth-order valence-corrected chi connectivity index (χ4v) is 6.26. The van der Waals surface area contributed by atoms with Crippen molar-refractivity contribution >= 4 is 33.3 Å². The van der Waals surface area contributed by atoms with Gasteiger partial charge in [0.1, 0.15) is 0 Å². The number of nitrogens with zero attached hydrogens (tertiary/aromatic N) is 5. The molecule has 4 aromatic heterocycles. The lowest BCUT2D eigenvalue weighted by molar-refractivity contribution is 0.313. The molecule has 1 aliphatic heterocycles. The first-order valence-corrected chi connectivity index (χ1v) is 14.4. The van der Waals surface area contributed by atoms with Gasteiger partial charge in [-0.25, -0.2) is 4.98 Å². The molecule has 7 rings (SSSR count). The zero-order valence-corrected chi connectivity index (χ0v) is 23.1. The molecule has 2 fully saturated rings. The zero-order chi connectivity index (χ0) is 27.1. The Morgan fingerprint density at radius 3 is 2.62 bits per heavy atom. The fraction of sp³-hybridized carbons (Fsp3) is 0.344. The molecule has 5 aromatic rings. The summed E-state index contributed by atoms with van der Waals surface area (Å²) in [7, 11) is 2.19. The smallest absolute Gasteiger partial charge is 0.181 e. The fourth-order valence-electron chi connectivity index (χ4n) is 6.26. The van der Waals surface area contributed by atoms with E-state index < -0.39 is 0 Å². The number of hydrogen-bond donors (Lipinski definition) is 3. The molecule has 8 heteroatoms. The molecule has 0 atom stereocenters. The molecular formula is C32H36N8. The summed E-state index contributed by atoms with van der Waals surface area (Å²) in [4.78, 5) is 17.7. The topological polar surface area (TPSA) is 88.8 Å². The molecule has 5 heterocycles. The monoisotopic (exact) mass is 532 g/mol. The number of nitrogens with one attached hydrogen (secondary N) is 3. The standard InChI is InChI=1S/C32H36N8/c1-21(22-7-4-3-5-8-22)35-25-15-23(18-33-20-25)24-16-27-31(37-38-32(27)34-19-24)29-17-26-28(36-29)9-6-10-30(26)40-13-11-39(2)12-14-40/h6,9-10,15-20,22,35-36H,1,3-5,7-8,11-14H2,2H3,(H,34,37,38). The largest absolute Gasteiger partial charge is 0.368 e. The number of fused-ring (bicyclic) bond motifs is 2. The van der Waals surface area contributed by atoms with Crippen molar-refractivity contribution in [2.75, 3.05) is 43.4 Å². The first-order valence-electron chi connectivity index (χ1n) is 14.4. The van der Waals surface area contributed by atoms with E-state index in [2.05, 4.69) is 90.3 Å². The third-order valence-electron chi connectivity index (χ3n) is 8.64. The normalized spacial score (nSPS) is 17.1. The predicted molar refractivity (Wildman–Crippen MR) is 163 cm³/mol. The summed E-state index contributed by atoms with van der Waals surface area (Å²) < 4.78 is 0. The van der Waals surface area contributed by atoms with Crippen LogP contribution < -0.4 is 10.2 Å². The molecule has 204 valence electrons. The highest BCUT2D eigenvalue weighted by Crippen LogP contribution is 2.35. The maximum atomic E-state index is 4.68. The lowest BCUT2D eigenvalue weighted by atomic mass is 9.87. The highest BCUT2D eigenvalue weighted by atomic mass is 15.2. The lowest BCUT2D eigenvalue weighted by Crippen LogP contribution is -2.44. The average molecular weight is 533 g/mol. The number of anilines is 2. The van der Waals surface area contributed by atoms with E-state index in [0.717, 1.165) is 71.0 Å². The van der Waals surface area contributed by atoms with E-state index in [0.29, 0.717) is 11.6 Å². The molecule has 8 nitrogen and oxygen atoms in total. The highest BCUT2D eigenvalue weighted by Gasteiger charge is 2.20. The summed E-state index contributed by atoms with van der Waals surface area (Å²) in [5, 5.41) is 13.5. The van der Waals surface area contributed by atoms with Crippen LogP contribution in [0.5, 0.6) is 0 Å². The number of H-pyrrole nitrogens is 2. The molecule has 0 amide bonds. The van der Waals surface area contributed by atoms with Gasteiger partial charge in [0.25, 0.3) is 0 Å². The first kappa shape index (κ1) is 24.8. The van der Waals surface area contributed by atoms with Crippen LogP contribution in [0.2, 0.25) is 0 Å². The van der Waals surface area contributed by atoms with E-state index in [1.165, 1.54) is 43.2 Å². The molecule has 3 N–H and O–H groups in total. The molecule has 0 bridgehead atoms. The number of hydrogen-bond acceptors (Lipinski definition) is 6. The SMILES string of the molecule is C=C(Nc1cncc(-c2cnc3n[nH]c(-c4cc5c(N6CCN(C)CC6)cccc5[nH]4)c3c2)c1)C1CCCCC1. The number of rotatable bonds is 6. The summed E-state index contributed by atoms with van der Waals surface area (Å²) in [5.74, 6) is 0.539. The molecular weight excluding hydrogens is 496 g/mol. The van der Waals surface area contributed by atoms with Gasteiger partial charge in [-0.1, -0.05) is 31.9 Å². The molecule has 1 saturated carbocycles. The summed E-state index contributed by atoms with van der Waals surface area (Å²) in [6, 6.07) is 13.0. The van der Waals surface area contributed by atoms with Crippen LogP contribution in [0.1, 0.15) is 32.1 Å². The Kier molecular flexibility index (Phi) is 6.48. The van der Waals surface area contributed by atoms with Gasteiger partial charge in [-0.2, -0.15) is 5.10 Å². The van der Waals surface area contributed by atoms with Gasteiger partial charge in [0.2, 0.25) is 0 Å². The molecule has 2 aliphatic rings.